The van der Waals surface area contributed by atoms with Crippen LogP contribution in [0.15, 0.2) is 12.7 Å². The molecule has 0 heterocycles. The van der Waals surface area contributed by atoms with Gasteiger partial charge in [0.25, 0.3) is 10.1 Å². The highest BCUT2D eigenvalue weighted by Gasteiger charge is 2.01. The Morgan fingerprint density at radius 1 is 1.55 bits per heavy atom. The molecule has 2 N–H and O–H groups in total. The molecule has 0 aromatic heterocycles. The highest BCUT2D eigenvalue weighted by molar-refractivity contribution is 7.85. The summed E-state index contributed by atoms with van der Waals surface area (Å²) < 4.78 is 28.6. The second kappa shape index (κ2) is 5.29. The Hall–Kier alpha value is -0.390. The first-order valence-electron chi connectivity index (χ1n) is 3.33. The Bertz CT molecular complexity index is 198. The van der Waals surface area contributed by atoms with E-state index in [9.17, 15) is 8.42 Å². The van der Waals surface area contributed by atoms with Gasteiger partial charge in [0.15, 0.2) is 0 Å². The highest BCUT2D eigenvalue weighted by atomic mass is 32.2. The van der Waals surface area contributed by atoms with Crippen molar-refractivity contribution in [2.24, 2.45) is 0 Å². The standard InChI is InChI=1S/C6H13NO3S/c1-2-4-7-5-3-6-11(8,9)10/h2,7H,1,3-6H2,(H,8,9,10). The smallest absolute Gasteiger partial charge is 0.264 e. The Balaban J connectivity index is 3.22. The van der Waals surface area contributed by atoms with Crippen LogP contribution >= 0.6 is 0 Å². The molecule has 11 heavy (non-hydrogen) atoms. The maximum atomic E-state index is 10.2. The molecule has 4 nitrogen and oxygen atoms in total. The van der Waals surface area contributed by atoms with E-state index in [1.807, 2.05) is 0 Å². The Kier molecular flexibility index (Phi) is 5.10. The van der Waals surface area contributed by atoms with Gasteiger partial charge < -0.3 is 5.32 Å². The molecule has 0 fully saturated rings. The van der Waals surface area contributed by atoms with Gasteiger partial charge in [-0.05, 0) is 13.0 Å². The van der Waals surface area contributed by atoms with Crippen LogP contribution < -0.4 is 5.32 Å². The minimum absolute atomic E-state index is 0.183. The molecule has 66 valence electrons. The molecule has 0 atom stereocenters. The Labute approximate surface area is 67.1 Å². The summed E-state index contributed by atoms with van der Waals surface area (Å²) >= 11 is 0. The van der Waals surface area contributed by atoms with Crippen molar-refractivity contribution >= 4 is 10.1 Å². The fourth-order valence-corrected chi connectivity index (χ4v) is 1.09. The quantitative estimate of drug-likeness (QED) is 0.343. The van der Waals surface area contributed by atoms with E-state index in [1.54, 1.807) is 6.08 Å². The molecule has 0 saturated carbocycles. The van der Waals surface area contributed by atoms with Gasteiger partial charge in [0.1, 0.15) is 0 Å². The highest BCUT2D eigenvalue weighted by Crippen LogP contribution is 1.85. The second-order valence-corrected chi connectivity index (χ2v) is 3.70. The van der Waals surface area contributed by atoms with Gasteiger partial charge in [0.2, 0.25) is 0 Å². The van der Waals surface area contributed by atoms with Gasteiger partial charge in [-0.2, -0.15) is 8.42 Å². The first kappa shape index (κ1) is 10.6. The summed E-state index contributed by atoms with van der Waals surface area (Å²) in [5.74, 6) is -0.183. The molecule has 0 aliphatic carbocycles. The van der Waals surface area contributed by atoms with Gasteiger partial charge in [-0.3, -0.25) is 4.55 Å². The van der Waals surface area contributed by atoms with Gasteiger partial charge >= 0.3 is 0 Å². The van der Waals surface area contributed by atoms with Crippen LogP contribution in [-0.4, -0.2) is 31.8 Å². The van der Waals surface area contributed by atoms with Gasteiger partial charge in [0, 0.05) is 6.54 Å². The lowest BCUT2D eigenvalue weighted by Gasteiger charge is -1.98. The van der Waals surface area contributed by atoms with Crippen LogP contribution in [-0.2, 0) is 10.1 Å². The maximum absolute atomic E-state index is 10.2. The van der Waals surface area contributed by atoms with E-state index in [1.165, 1.54) is 0 Å². The van der Waals surface area contributed by atoms with E-state index in [-0.39, 0.29) is 5.75 Å². The predicted molar refractivity (Wildman–Crippen MR) is 44.1 cm³/mol. The van der Waals surface area contributed by atoms with E-state index < -0.39 is 10.1 Å². The lowest BCUT2D eigenvalue weighted by atomic mass is 10.5. The van der Waals surface area contributed by atoms with Crippen molar-refractivity contribution in [1.29, 1.82) is 0 Å². The molecule has 5 heteroatoms. The fraction of sp³-hybridized carbons (Fsp3) is 0.667. The maximum Gasteiger partial charge on any atom is 0.264 e. The van der Waals surface area contributed by atoms with Crippen LogP contribution in [0.2, 0.25) is 0 Å². The lowest BCUT2D eigenvalue weighted by molar-refractivity contribution is 0.480. The van der Waals surface area contributed by atoms with Gasteiger partial charge in [-0.1, -0.05) is 6.08 Å². The van der Waals surface area contributed by atoms with E-state index in [2.05, 4.69) is 11.9 Å². The summed E-state index contributed by atoms with van der Waals surface area (Å²) in [5, 5.41) is 2.91. The largest absolute Gasteiger partial charge is 0.313 e. The molecule has 0 unspecified atom stereocenters. The SMILES string of the molecule is C=CCNCCCS(=O)(=O)O. The van der Waals surface area contributed by atoms with Crippen molar-refractivity contribution in [2.45, 2.75) is 6.42 Å². The molecule has 0 aliphatic heterocycles. The Morgan fingerprint density at radius 2 is 2.18 bits per heavy atom. The molecule has 0 bridgehead atoms. The van der Waals surface area contributed by atoms with E-state index >= 15 is 0 Å². The zero-order valence-electron chi connectivity index (χ0n) is 6.28. The van der Waals surface area contributed by atoms with Gasteiger partial charge in [0.05, 0.1) is 5.75 Å². The Morgan fingerprint density at radius 3 is 2.64 bits per heavy atom. The van der Waals surface area contributed by atoms with Crippen molar-refractivity contribution in [1.82, 2.24) is 5.32 Å². The first-order chi connectivity index (χ1) is 5.06. The second-order valence-electron chi connectivity index (χ2n) is 2.13. The number of rotatable bonds is 6. The molecule has 0 radical (unpaired) electrons. The fourth-order valence-electron chi connectivity index (χ4n) is 0.584. The average Bonchev–Trinajstić information content (AvgIpc) is 1.85. The molecule has 0 aromatic carbocycles. The van der Waals surface area contributed by atoms with Crippen LogP contribution in [0.4, 0.5) is 0 Å². The third-order valence-corrected chi connectivity index (χ3v) is 1.85. The zero-order valence-corrected chi connectivity index (χ0v) is 7.10. The zero-order chi connectivity index (χ0) is 8.74. The van der Waals surface area contributed by atoms with Crippen molar-refractivity contribution in [3.05, 3.63) is 12.7 Å². The number of nitrogens with one attached hydrogen (secondary N) is 1. The van der Waals surface area contributed by atoms with E-state index in [4.69, 9.17) is 4.55 Å². The van der Waals surface area contributed by atoms with Crippen molar-refractivity contribution < 1.29 is 13.0 Å². The van der Waals surface area contributed by atoms with Crippen LogP contribution in [0.3, 0.4) is 0 Å². The van der Waals surface area contributed by atoms with Crippen molar-refractivity contribution in [2.75, 3.05) is 18.8 Å². The average molecular weight is 179 g/mol. The van der Waals surface area contributed by atoms with Crippen molar-refractivity contribution in [3.8, 4) is 0 Å². The topological polar surface area (TPSA) is 66.4 Å². The predicted octanol–water partition coefficient (Wildman–Crippen LogP) is 0.0399. The summed E-state index contributed by atoms with van der Waals surface area (Å²) in [5.41, 5.74) is 0. The molecule has 0 saturated heterocycles. The summed E-state index contributed by atoms with van der Waals surface area (Å²) in [6.07, 6.45) is 2.11. The lowest BCUT2D eigenvalue weighted by Crippen LogP contribution is -2.18. The minimum atomic E-state index is -3.78. The van der Waals surface area contributed by atoms with Crippen LogP contribution in [0.25, 0.3) is 0 Å². The third kappa shape index (κ3) is 9.61. The van der Waals surface area contributed by atoms with E-state index in [0.29, 0.717) is 19.5 Å². The summed E-state index contributed by atoms with van der Waals surface area (Å²) in [6.45, 7) is 4.71. The first-order valence-corrected chi connectivity index (χ1v) is 4.94. The van der Waals surface area contributed by atoms with Crippen molar-refractivity contribution in [3.63, 3.8) is 0 Å². The third-order valence-electron chi connectivity index (χ3n) is 1.04. The normalized spacial score (nSPS) is 11.4. The molecular formula is C6H13NO3S. The monoisotopic (exact) mass is 179 g/mol. The molecule has 0 aliphatic rings. The van der Waals surface area contributed by atoms with Gasteiger partial charge in [-0.15, -0.1) is 6.58 Å². The minimum Gasteiger partial charge on any atom is -0.313 e. The molecule has 0 amide bonds. The molecule has 0 rings (SSSR count). The molecular weight excluding hydrogens is 166 g/mol. The van der Waals surface area contributed by atoms with E-state index in [0.717, 1.165) is 0 Å². The van der Waals surface area contributed by atoms with Crippen LogP contribution in [0.1, 0.15) is 6.42 Å². The summed E-state index contributed by atoms with van der Waals surface area (Å²) in [6, 6.07) is 0. The summed E-state index contributed by atoms with van der Waals surface area (Å²) in [7, 11) is -3.78. The van der Waals surface area contributed by atoms with Crippen LogP contribution in [0.5, 0.6) is 0 Å². The summed E-state index contributed by atoms with van der Waals surface area (Å²) in [4.78, 5) is 0. The molecule has 0 spiro atoms. The molecule has 0 aromatic rings. The number of hydrogen-bond donors (Lipinski definition) is 2. The van der Waals surface area contributed by atoms with Gasteiger partial charge in [-0.25, -0.2) is 0 Å². The number of hydrogen-bond acceptors (Lipinski definition) is 3. The van der Waals surface area contributed by atoms with Crippen LogP contribution in [0, 0.1) is 0 Å².